The lowest BCUT2D eigenvalue weighted by Gasteiger charge is -2.23. The first-order chi connectivity index (χ1) is 16.4. The Balaban J connectivity index is 1.60. The minimum Gasteiger partial charge on any atom is -0.481 e. The van der Waals surface area contributed by atoms with Crippen molar-refractivity contribution in [2.45, 2.75) is 37.2 Å². The summed E-state index contributed by atoms with van der Waals surface area (Å²) in [4.78, 5) is 14.1. The number of fused-ring (bicyclic) bond motifs is 1. The number of rotatable bonds is 5. The molecule has 0 aliphatic carbocycles. The van der Waals surface area contributed by atoms with Gasteiger partial charge in [-0.15, -0.1) is 0 Å². The van der Waals surface area contributed by atoms with E-state index in [1.807, 2.05) is 0 Å². The van der Waals surface area contributed by atoms with Gasteiger partial charge in [-0.05, 0) is 67.1 Å². The molecule has 0 unspecified atom stereocenters. The third-order valence-electron chi connectivity index (χ3n) is 5.39. The molecule has 0 saturated carbocycles. The summed E-state index contributed by atoms with van der Waals surface area (Å²) in [5.74, 6) is -0.653. The van der Waals surface area contributed by atoms with E-state index >= 15 is 0 Å². The van der Waals surface area contributed by atoms with Gasteiger partial charge in [0.25, 0.3) is 15.9 Å². The van der Waals surface area contributed by atoms with E-state index < -0.39 is 39.6 Å². The van der Waals surface area contributed by atoms with Crippen LogP contribution in [0.15, 0.2) is 71.6 Å². The van der Waals surface area contributed by atoms with Gasteiger partial charge in [0.15, 0.2) is 6.10 Å². The van der Waals surface area contributed by atoms with Gasteiger partial charge in [0.2, 0.25) is 0 Å². The summed E-state index contributed by atoms with van der Waals surface area (Å²) in [5, 5.41) is 0. The van der Waals surface area contributed by atoms with E-state index in [0.717, 1.165) is 36.4 Å². The maximum Gasteiger partial charge on any atom is 0.416 e. The largest absolute Gasteiger partial charge is 0.481 e. The van der Waals surface area contributed by atoms with E-state index in [-0.39, 0.29) is 29.2 Å². The van der Waals surface area contributed by atoms with Crippen molar-refractivity contribution in [1.29, 1.82) is 0 Å². The Labute approximate surface area is 199 Å². The predicted octanol–water partition coefficient (Wildman–Crippen LogP) is 4.96. The van der Waals surface area contributed by atoms with E-state index in [0.29, 0.717) is 11.3 Å². The molecular weight excluding hydrogens is 488 g/mol. The molecule has 1 atom stereocenters. The number of nitrogens with zero attached hydrogens (tertiary/aromatic N) is 1. The van der Waals surface area contributed by atoms with Crippen molar-refractivity contribution in [1.82, 2.24) is 4.90 Å². The second kappa shape index (κ2) is 9.21. The van der Waals surface area contributed by atoms with Gasteiger partial charge in [0.05, 0.1) is 10.5 Å². The Bertz CT molecular complexity index is 1360. The van der Waals surface area contributed by atoms with Gasteiger partial charge in [-0.1, -0.05) is 12.1 Å². The van der Waals surface area contributed by atoms with E-state index in [4.69, 9.17) is 4.74 Å². The van der Waals surface area contributed by atoms with Crippen LogP contribution in [-0.2, 0) is 34.1 Å². The SMILES string of the molecule is C[C@H]1Oc2ccc(NS(=O)(=O)c3ccc(F)cc3)cc2CN(Cc2cccc(C(F)(F)F)c2)C1=O. The molecule has 11 heteroatoms. The number of anilines is 1. The van der Waals surface area contributed by atoms with Crippen LogP contribution in [0.5, 0.6) is 5.75 Å². The van der Waals surface area contributed by atoms with Gasteiger partial charge in [-0.2, -0.15) is 13.2 Å². The van der Waals surface area contributed by atoms with Gasteiger partial charge in [-0.3, -0.25) is 9.52 Å². The topological polar surface area (TPSA) is 75.7 Å². The predicted molar refractivity (Wildman–Crippen MR) is 119 cm³/mol. The number of amides is 1. The molecule has 35 heavy (non-hydrogen) atoms. The molecular formula is C24H20F4N2O4S. The van der Waals surface area contributed by atoms with Crippen LogP contribution < -0.4 is 9.46 Å². The second-order valence-electron chi connectivity index (χ2n) is 8.03. The van der Waals surface area contributed by atoms with Crippen molar-refractivity contribution in [3.8, 4) is 5.75 Å². The van der Waals surface area contributed by atoms with Crippen LogP contribution in [0.2, 0.25) is 0 Å². The molecule has 184 valence electrons. The number of nitrogens with one attached hydrogen (secondary N) is 1. The van der Waals surface area contributed by atoms with E-state index in [1.165, 1.54) is 42.2 Å². The molecule has 1 N–H and O–H groups in total. The maximum atomic E-state index is 13.1. The lowest BCUT2D eigenvalue weighted by Crippen LogP contribution is -2.37. The summed E-state index contributed by atoms with van der Waals surface area (Å²) in [7, 11) is -4.01. The third-order valence-corrected chi connectivity index (χ3v) is 6.79. The van der Waals surface area contributed by atoms with Crippen molar-refractivity contribution < 1.29 is 35.5 Å². The maximum absolute atomic E-state index is 13.1. The molecule has 0 aromatic heterocycles. The summed E-state index contributed by atoms with van der Waals surface area (Å²) in [5.41, 5.74) is 0.114. The van der Waals surface area contributed by atoms with Crippen LogP contribution in [0, 0.1) is 5.82 Å². The fourth-order valence-electron chi connectivity index (χ4n) is 3.69. The molecule has 4 rings (SSSR count). The van der Waals surface area contributed by atoms with Crippen LogP contribution in [0.3, 0.4) is 0 Å². The van der Waals surface area contributed by atoms with Gasteiger partial charge in [0, 0.05) is 24.3 Å². The number of halogens is 4. The zero-order valence-corrected chi connectivity index (χ0v) is 19.2. The zero-order valence-electron chi connectivity index (χ0n) is 18.3. The second-order valence-corrected chi connectivity index (χ2v) is 9.72. The number of hydrogen-bond acceptors (Lipinski definition) is 4. The Morgan fingerprint density at radius 1 is 1.06 bits per heavy atom. The fourth-order valence-corrected chi connectivity index (χ4v) is 4.74. The number of benzene rings is 3. The molecule has 6 nitrogen and oxygen atoms in total. The van der Waals surface area contributed by atoms with Crippen molar-refractivity contribution in [3.05, 3.63) is 89.2 Å². The Hall–Kier alpha value is -3.60. The summed E-state index contributed by atoms with van der Waals surface area (Å²) in [6.45, 7) is 1.42. The van der Waals surface area contributed by atoms with Crippen LogP contribution in [0.1, 0.15) is 23.6 Å². The Kier molecular flexibility index (Phi) is 6.46. The summed E-state index contributed by atoms with van der Waals surface area (Å²) in [6.07, 6.45) is -5.41. The minimum absolute atomic E-state index is 0.0130. The fraction of sp³-hybridized carbons (Fsp3) is 0.208. The Morgan fingerprint density at radius 3 is 2.46 bits per heavy atom. The highest BCUT2D eigenvalue weighted by molar-refractivity contribution is 7.92. The molecule has 3 aromatic rings. The molecule has 0 spiro atoms. The minimum atomic E-state index is -4.52. The van der Waals surface area contributed by atoms with Crippen LogP contribution in [0.4, 0.5) is 23.2 Å². The first kappa shape index (κ1) is 24.5. The van der Waals surface area contributed by atoms with Crippen LogP contribution in [-0.4, -0.2) is 25.3 Å². The molecule has 1 aliphatic heterocycles. The standard InChI is InChI=1S/C24H20F4N2O4S/c1-15-23(31)30(13-16-3-2-4-18(11-16)24(26,27)28)14-17-12-20(7-10-22(17)34-15)29-35(32,33)21-8-5-19(25)6-9-21/h2-12,15,29H,13-14H2,1H3/t15-/m1/s1. The van der Waals surface area contributed by atoms with Gasteiger partial charge in [-0.25, -0.2) is 12.8 Å². The van der Waals surface area contributed by atoms with Gasteiger partial charge in [0.1, 0.15) is 11.6 Å². The molecule has 0 saturated heterocycles. The molecule has 1 aliphatic rings. The van der Waals surface area contributed by atoms with Crippen LogP contribution in [0.25, 0.3) is 0 Å². The van der Waals surface area contributed by atoms with Crippen molar-refractivity contribution in [3.63, 3.8) is 0 Å². The van der Waals surface area contributed by atoms with Gasteiger partial charge < -0.3 is 9.64 Å². The highest BCUT2D eigenvalue weighted by atomic mass is 32.2. The van der Waals surface area contributed by atoms with Crippen molar-refractivity contribution >= 4 is 21.6 Å². The summed E-state index contributed by atoms with van der Waals surface area (Å²) in [6, 6.07) is 13.5. The smallest absolute Gasteiger partial charge is 0.416 e. The molecule has 1 heterocycles. The molecule has 0 fully saturated rings. The van der Waals surface area contributed by atoms with E-state index in [1.54, 1.807) is 0 Å². The Morgan fingerprint density at radius 2 is 1.77 bits per heavy atom. The first-order valence-electron chi connectivity index (χ1n) is 10.5. The number of carbonyl (C=O) groups is 1. The highest BCUT2D eigenvalue weighted by Crippen LogP contribution is 2.32. The lowest BCUT2D eigenvalue weighted by molar-refractivity contribution is -0.138. The third kappa shape index (κ3) is 5.56. The number of carbonyl (C=O) groups excluding carboxylic acids is 1. The molecule has 0 bridgehead atoms. The monoisotopic (exact) mass is 508 g/mol. The summed E-state index contributed by atoms with van der Waals surface area (Å²) < 4.78 is 85.8. The first-order valence-corrected chi connectivity index (χ1v) is 11.9. The normalized spacial score (nSPS) is 16.3. The highest BCUT2D eigenvalue weighted by Gasteiger charge is 2.32. The van der Waals surface area contributed by atoms with Crippen molar-refractivity contribution in [2.75, 3.05) is 4.72 Å². The average molecular weight is 508 g/mol. The number of ether oxygens (including phenoxy) is 1. The number of sulfonamides is 1. The summed E-state index contributed by atoms with van der Waals surface area (Å²) >= 11 is 0. The average Bonchev–Trinajstić information content (AvgIpc) is 2.90. The lowest BCUT2D eigenvalue weighted by atomic mass is 10.1. The van der Waals surface area contributed by atoms with Crippen molar-refractivity contribution in [2.24, 2.45) is 0 Å². The quantitative estimate of drug-likeness (QED) is 0.495. The molecule has 3 aromatic carbocycles. The molecule has 1 amide bonds. The van der Waals surface area contributed by atoms with E-state index in [9.17, 15) is 30.8 Å². The zero-order chi connectivity index (χ0) is 25.4. The molecule has 0 radical (unpaired) electrons. The van der Waals surface area contributed by atoms with Gasteiger partial charge >= 0.3 is 6.18 Å². The number of hydrogen-bond donors (Lipinski definition) is 1. The van der Waals surface area contributed by atoms with Crippen LogP contribution >= 0.6 is 0 Å². The van der Waals surface area contributed by atoms with E-state index in [2.05, 4.69) is 4.72 Å². The number of alkyl halides is 3.